The van der Waals surface area contributed by atoms with Crippen LogP contribution < -0.4 is 4.74 Å². The van der Waals surface area contributed by atoms with Crippen molar-refractivity contribution in [2.75, 3.05) is 6.61 Å². The Morgan fingerprint density at radius 1 is 1.15 bits per heavy atom. The molecule has 3 aromatic rings. The van der Waals surface area contributed by atoms with Gasteiger partial charge >= 0.3 is 0 Å². The molecule has 1 aromatic carbocycles. The molecule has 5 heteroatoms. The van der Waals surface area contributed by atoms with E-state index in [1.54, 1.807) is 0 Å². The molecule has 0 radical (unpaired) electrons. The van der Waals surface area contributed by atoms with Gasteiger partial charge in [-0.15, -0.1) is 11.3 Å². The predicted molar refractivity (Wildman–Crippen MR) is 83.4 cm³/mol. The smallest absolute Gasteiger partial charge is 0.227 e. The van der Waals surface area contributed by atoms with Crippen LogP contribution in [0.4, 0.5) is 0 Å². The van der Waals surface area contributed by atoms with Gasteiger partial charge < -0.3 is 4.74 Å². The maximum atomic E-state index is 5.88. The van der Waals surface area contributed by atoms with Gasteiger partial charge in [-0.25, -0.2) is 4.98 Å². The van der Waals surface area contributed by atoms with Crippen molar-refractivity contribution in [3.8, 4) is 5.88 Å². The summed E-state index contributed by atoms with van der Waals surface area (Å²) in [5.74, 6) is 0.527. The van der Waals surface area contributed by atoms with E-state index in [-0.39, 0.29) is 5.28 Å². The molecule has 0 bridgehead atoms. The molecule has 0 fully saturated rings. The van der Waals surface area contributed by atoms with E-state index in [0.29, 0.717) is 12.5 Å². The molecule has 0 amide bonds. The third-order valence-electron chi connectivity index (χ3n) is 2.69. The minimum atomic E-state index is 0.210. The fourth-order valence-electron chi connectivity index (χ4n) is 1.79. The fourth-order valence-corrected chi connectivity index (χ4v) is 2.75. The largest absolute Gasteiger partial charge is 0.473 e. The lowest BCUT2D eigenvalue weighted by molar-refractivity contribution is 0.353. The first-order valence-electron chi connectivity index (χ1n) is 6.08. The van der Waals surface area contributed by atoms with Crippen molar-refractivity contribution in [1.82, 2.24) is 9.97 Å². The molecule has 0 aliphatic heterocycles. The Bertz CT molecular complexity index is 740. The summed E-state index contributed by atoms with van der Waals surface area (Å²) in [6, 6.07) is 12.0. The lowest BCUT2D eigenvalue weighted by Gasteiger charge is -2.03. The zero-order valence-electron chi connectivity index (χ0n) is 10.5. The summed E-state index contributed by atoms with van der Waals surface area (Å²) >= 11 is 7.39. The molecular formula is C15H11ClN2OS. The number of fused-ring (bicyclic) bond motifs is 1. The molecule has 0 N–H and O–H groups in total. The van der Waals surface area contributed by atoms with E-state index >= 15 is 0 Å². The van der Waals surface area contributed by atoms with Crippen molar-refractivity contribution in [2.24, 2.45) is 0 Å². The molecule has 2 heterocycles. The Labute approximate surface area is 125 Å². The molecule has 3 rings (SSSR count). The number of halogens is 1. The number of ether oxygens (including phenoxy) is 1. The molecule has 0 spiro atoms. The molecule has 0 unspecified atom stereocenters. The van der Waals surface area contributed by atoms with Crippen LogP contribution in [0.1, 0.15) is 5.56 Å². The number of rotatable bonds is 4. The van der Waals surface area contributed by atoms with E-state index in [9.17, 15) is 0 Å². The summed E-state index contributed by atoms with van der Waals surface area (Å²) < 4.78 is 5.66. The highest BCUT2D eigenvalue weighted by Crippen LogP contribution is 2.27. The monoisotopic (exact) mass is 302 g/mol. The average molecular weight is 303 g/mol. The van der Waals surface area contributed by atoms with E-state index < -0.39 is 0 Å². The lowest BCUT2D eigenvalue weighted by atomic mass is 10.2. The van der Waals surface area contributed by atoms with E-state index in [1.165, 1.54) is 11.3 Å². The SMILES string of the molecule is Clc1nc(OC/C=C/c2ccccc2)c2ccsc2n1. The third kappa shape index (κ3) is 2.98. The van der Waals surface area contributed by atoms with Crippen molar-refractivity contribution >= 4 is 39.2 Å². The van der Waals surface area contributed by atoms with Gasteiger partial charge in [-0.1, -0.05) is 36.4 Å². The zero-order chi connectivity index (χ0) is 13.8. The van der Waals surface area contributed by atoms with Gasteiger partial charge in [0.2, 0.25) is 11.2 Å². The minimum absolute atomic E-state index is 0.210. The van der Waals surface area contributed by atoms with E-state index in [2.05, 4.69) is 9.97 Å². The summed E-state index contributed by atoms with van der Waals surface area (Å²) in [5, 5.41) is 3.05. The van der Waals surface area contributed by atoms with E-state index in [4.69, 9.17) is 16.3 Å². The van der Waals surface area contributed by atoms with E-state index in [1.807, 2.05) is 53.9 Å². The molecule has 0 aliphatic rings. The molecule has 100 valence electrons. The van der Waals surface area contributed by atoms with Crippen LogP contribution in [0, 0.1) is 0 Å². The van der Waals surface area contributed by atoms with Crippen molar-refractivity contribution in [2.45, 2.75) is 0 Å². The average Bonchev–Trinajstić information content (AvgIpc) is 2.92. The maximum Gasteiger partial charge on any atom is 0.227 e. The molecule has 20 heavy (non-hydrogen) atoms. The van der Waals surface area contributed by atoms with Crippen molar-refractivity contribution in [1.29, 1.82) is 0 Å². The van der Waals surface area contributed by atoms with Crippen molar-refractivity contribution in [3.05, 3.63) is 58.7 Å². The van der Waals surface area contributed by atoms with E-state index in [0.717, 1.165) is 15.8 Å². The molecule has 2 aromatic heterocycles. The van der Waals surface area contributed by atoms with Gasteiger partial charge in [0.05, 0.1) is 5.39 Å². The zero-order valence-corrected chi connectivity index (χ0v) is 12.1. The first-order chi connectivity index (χ1) is 9.83. The summed E-state index contributed by atoms with van der Waals surface area (Å²) in [7, 11) is 0. The Balaban J connectivity index is 1.71. The maximum absolute atomic E-state index is 5.88. The molecular weight excluding hydrogens is 292 g/mol. The highest BCUT2D eigenvalue weighted by molar-refractivity contribution is 7.16. The summed E-state index contributed by atoms with van der Waals surface area (Å²) in [4.78, 5) is 9.11. The summed E-state index contributed by atoms with van der Waals surface area (Å²) in [6.45, 7) is 0.438. The van der Waals surface area contributed by atoms with Crippen LogP contribution in [-0.2, 0) is 0 Å². The lowest BCUT2D eigenvalue weighted by Crippen LogP contribution is -1.97. The van der Waals surface area contributed by atoms with Crippen molar-refractivity contribution in [3.63, 3.8) is 0 Å². The van der Waals surface area contributed by atoms with Crippen LogP contribution in [0.25, 0.3) is 16.3 Å². The standard InChI is InChI=1S/C15H11ClN2OS/c16-15-17-13(12-8-10-20-14(12)18-15)19-9-4-7-11-5-2-1-3-6-11/h1-8,10H,9H2/b7-4+. The Hall–Kier alpha value is -1.91. The number of nitrogens with zero attached hydrogens (tertiary/aromatic N) is 2. The Kier molecular flexibility index (Phi) is 3.95. The number of hydrogen-bond acceptors (Lipinski definition) is 4. The molecule has 0 atom stereocenters. The van der Waals surface area contributed by atoms with Gasteiger partial charge in [-0.2, -0.15) is 4.98 Å². The predicted octanol–water partition coefficient (Wildman–Crippen LogP) is 4.44. The highest BCUT2D eigenvalue weighted by atomic mass is 35.5. The van der Waals surface area contributed by atoms with Gasteiger partial charge in [-0.3, -0.25) is 0 Å². The second-order valence-electron chi connectivity index (χ2n) is 4.06. The topological polar surface area (TPSA) is 35.0 Å². The van der Waals surface area contributed by atoms with Crippen molar-refractivity contribution < 1.29 is 4.74 Å². The molecule has 3 nitrogen and oxygen atoms in total. The second-order valence-corrected chi connectivity index (χ2v) is 5.29. The third-order valence-corrected chi connectivity index (χ3v) is 3.66. The van der Waals surface area contributed by atoms with Crippen LogP contribution in [0.3, 0.4) is 0 Å². The molecule has 0 aliphatic carbocycles. The highest BCUT2D eigenvalue weighted by Gasteiger charge is 2.08. The molecule has 0 saturated heterocycles. The minimum Gasteiger partial charge on any atom is -0.473 e. The second kappa shape index (κ2) is 6.03. The summed E-state index contributed by atoms with van der Waals surface area (Å²) in [6.07, 6.45) is 3.96. The number of benzene rings is 1. The van der Waals surface area contributed by atoms with Gasteiger partial charge in [0.1, 0.15) is 11.4 Å². The quantitative estimate of drug-likeness (QED) is 0.668. The first-order valence-corrected chi connectivity index (χ1v) is 7.34. The van der Waals surface area contributed by atoms with Gasteiger partial charge in [0, 0.05) is 0 Å². The number of thiophene rings is 1. The van der Waals surface area contributed by atoms with Gasteiger partial charge in [-0.05, 0) is 34.7 Å². The fraction of sp³-hybridized carbons (Fsp3) is 0.0667. The van der Waals surface area contributed by atoms with Gasteiger partial charge in [0.25, 0.3) is 0 Å². The molecule has 0 saturated carbocycles. The number of hydrogen-bond donors (Lipinski definition) is 0. The number of aromatic nitrogens is 2. The first kappa shape index (κ1) is 13.1. The van der Waals surface area contributed by atoms with Crippen LogP contribution in [0.15, 0.2) is 47.9 Å². The van der Waals surface area contributed by atoms with Crippen LogP contribution in [0.2, 0.25) is 5.28 Å². The van der Waals surface area contributed by atoms with Crippen LogP contribution in [-0.4, -0.2) is 16.6 Å². The Morgan fingerprint density at radius 2 is 2.00 bits per heavy atom. The van der Waals surface area contributed by atoms with Gasteiger partial charge in [0.15, 0.2) is 0 Å². The normalized spacial score (nSPS) is 11.2. The Morgan fingerprint density at radius 3 is 2.85 bits per heavy atom. The van der Waals surface area contributed by atoms with Crippen LogP contribution >= 0.6 is 22.9 Å². The van der Waals surface area contributed by atoms with Crippen LogP contribution in [0.5, 0.6) is 5.88 Å². The summed E-state index contributed by atoms with van der Waals surface area (Å²) in [5.41, 5.74) is 1.14.